The van der Waals surface area contributed by atoms with Gasteiger partial charge in [0.05, 0.1) is 6.10 Å². The fraction of sp³-hybridized carbons (Fsp3) is 0.600. The van der Waals surface area contributed by atoms with Crippen LogP contribution in [0.1, 0.15) is 50.7 Å². The number of hydrogen-bond donors (Lipinski definition) is 2. The van der Waals surface area contributed by atoms with Crippen molar-refractivity contribution in [1.29, 1.82) is 0 Å². The van der Waals surface area contributed by atoms with E-state index in [1.54, 1.807) is 18.2 Å². The van der Waals surface area contributed by atoms with E-state index in [2.05, 4.69) is 6.92 Å². The lowest BCUT2D eigenvalue weighted by Crippen LogP contribution is -2.09. The Kier molecular flexibility index (Phi) is 4.06. The molecule has 2 rings (SSSR count). The predicted molar refractivity (Wildman–Crippen MR) is 68.8 cm³/mol. The Morgan fingerprint density at radius 3 is 2.88 bits per heavy atom. The van der Waals surface area contributed by atoms with Crippen LogP contribution in [0.25, 0.3) is 0 Å². The van der Waals surface area contributed by atoms with Crippen LogP contribution in [0.4, 0.5) is 0 Å². The van der Waals surface area contributed by atoms with E-state index in [-0.39, 0.29) is 5.75 Å². The van der Waals surface area contributed by atoms with Gasteiger partial charge in [-0.1, -0.05) is 38.3 Å². The summed E-state index contributed by atoms with van der Waals surface area (Å²) >= 11 is 0. The van der Waals surface area contributed by atoms with Crippen LogP contribution >= 0.6 is 0 Å². The van der Waals surface area contributed by atoms with Crippen LogP contribution in [0.5, 0.6) is 5.75 Å². The molecule has 1 aliphatic carbocycles. The van der Waals surface area contributed by atoms with E-state index < -0.39 is 6.10 Å². The van der Waals surface area contributed by atoms with Crippen LogP contribution in [0.2, 0.25) is 0 Å². The first-order chi connectivity index (χ1) is 8.20. The van der Waals surface area contributed by atoms with Gasteiger partial charge in [-0.05, 0) is 42.4 Å². The SMILES string of the molecule is CCC[C@@H]1CC[C@H]([C@@H](O)c2cccc(O)c2)C1. The van der Waals surface area contributed by atoms with Gasteiger partial charge in [0.2, 0.25) is 0 Å². The van der Waals surface area contributed by atoms with Crippen LogP contribution in [0.3, 0.4) is 0 Å². The smallest absolute Gasteiger partial charge is 0.115 e. The Labute approximate surface area is 103 Å². The van der Waals surface area contributed by atoms with Crippen molar-refractivity contribution in [1.82, 2.24) is 0 Å². The molecule has 2 nitrogen and oxygen atoms in total. The molecular weight excluding hydrogens is 212 g/mol. The first kappa shape index (κ1) is 12.4. The summed E-state index contributed by atoms with van der Waals surface area (Å²) in [7, 11) is 0. The molecule has 0 unspecified atom stereocenters. The monoisotopic (exact) mass is 234 g/mol. The molecule has 2 N–H and O–H groups in total. The number of rotatable bonds is 4. The van der Waals surface area contributed by atoms with E-state index in [0.717, 1.165) is 24.3 Å². The molecule has 1 fully saturated rings. The molecule has 1 aliphatic rings. The summed E-state index contributed by atoms with van der Waals surface area (Å²) in [6.45, 7) is 2.22. The normalized spacial score (nSPS) is 26.0. The minimum Gasteiger partial charge on any atom is -0.508 e. The van der Waals surface area contributed by atoms with Crippen LogP contribution in [0, 0.1) is 11.8 Å². The summed E-state index contributed by atoms with van der Waals surface area (Å²) in [5.41, 5.74) is 0.854. The minimum atomic E-state index is -0.413. The van der Waals surface area contributed by atoms with Gasteiger partial charge in [0.25, 0.3) is 0 Å². The van der Waals surface area contributed by atoms with Crippen LogP contribution in [-0.2, 0) is 0 Å². The maximum Gasteiger partial charge on any atom is 0.115 e. The fourth-order valence-corrected chi connectivity index (χ4v) is 3.05. The Morgan fingerprint density at radius 1 is 1.35 bits per heavy atom. The van der Waals surface area contributed by atoms with Gasteiger partial charge in [-0.25, -0.2) is 0 Å². The highest BCUT2D eigenvalue weighted by Crippen LogP contribution is 2.41. The molecule has 17 heavy (non-hydrogen) atoms. The largest absolute Gasteiger partial charge is 0.508 e. The van der Waals surface area contributed by atoms with Gasteiger partial charge in [-0.3, -0.25) is 0 Å². The summed E-state index contributed by atoms with van der Waals surface area (Å²) in [6, 6.07) is 7.02. The van der Waals surface area contributed by atoms with Gasteiger partial charge < -0.3 is 10.2 Å². The number of benzene rings is 1. The van der Waals surface area contributed by atoms with Crippen LogP contribution < -0.4 is 0 Å². The third-order valence-corrected chi connectivity index (χ3v) is 3.94. The average Bonchev–Trinajstić information content (AvgIpc) is 2.77. The molecule has 0 spiro atoms. The van der Waals surface area contributed by atoms with Crippen molar-refractivity contribution in [3.8, 4) is 5.75 Å². The van der Waals surface area contributed by atoms with E-state index in [4.69, 9.17) is 0 Å². The van der Waals surface area contributed by atoms with Gasteiger partial charge in [-0.15, -0.1) is 0 Å². The molecule has 0 bridgehead atoms. The standard InChI is InChI=1S/C15H22O2/c1-2-4-11-7-8-13(9-11)15(17)12-5-3-6-14(16)10-12/h3,5-6,10-11,13,15-17H,2,4,7-9H2,1H3/t11-,13+,15+/m1/s1. The Bertz CT molecular complexity index is 362. The number of aliphatic hydroxyl groups is 1. The van der Waals surface area contributed by atoms with Crippen molar-refractivity contribution in [2.24, 2.45) is 11.8 Å². The van der Waals surface area contributed by atoms with E-state index in [1.807, 2.05) is 6.07 Å². The lowest BCUT2D eigenvalue weighted by Gasteiger charge is -2.19. The third kappa shape index (κ3) is 3.01. The first-order valence-corrected chi connectivity index (χ1v) is 6.67. The third-order valence-electron chi connectivity index (χ3n) is 3.94. The zero-order valence-electron chi connectivity index (χ0n) is 10.5. The van der Waals surface area contributed by atoms with Crippen LogP contribution in [0.15, 0.2) is 24.3 Å². The van der Waals surface area contributed by atoms with Crippen molar-refractivity contribution >= 4 is 0 Å². The summed E-state index contributed by atoms with van der Waals surface area (Å²) in [5.74, 6) is 1.40. The first-order valence-electron chi connectivity index (χ1n) is 6.67. The lowest BCUT2D eigenvalue weighted by molar-refractivity contribution is 0.108. The van der Waals surface area contributed by atoms with Crippen molar-refractivity contribution in [2.45, 2.75) is 45.1 Å². The summed E-state index contributed by atoms with van der Waals surface area (Å²) in [5, 5.41) is 19.7. The minimum absolute atomic E-state index is 0.240. The predicted octanol–water partition coefficient (Wildman–Crippen LogP) is 3.64. The zero-order chi connectivity index (χ0) is 12.3. The molecule has 1 aromatic rings. The molecule has 1 aromatic carbocycles. The molecule has 2 heteroatoms. The molecule has 0 aromatic heterocycles. The van der Waals surface area contributed by atoms with Crippen molar-refractivity contribution < 1.29 is 10.2 Å². The molecule has 1 saturated carbocycles. The van der Waals surface area contributed by atoms with Crippen molar-refractivity contribution in [2.75, 3.05) is 0 Å². The second-order valence-electron chi connectivity index (χ2n) is 5.27. The lowest BCUT2D eigenvalue weighted by atomic mass is 9.92. The highest BCUT2D eigenvalue weighted by Gasteiger charge is 2.30. The van der Waals surface area contributed by atoms with E-state index >= 15 is 0 Å². The van der Waals surface area contributed by atoms with E-state index in [9.17, 15) is 10.2 Å². The van der Waals surface area contributed by atoms with Crippen molar-refractivity contribution in [3.05, 3.63) is 29.8 Å². The van der Waals surface area contributed by atoms with Gasteiger partial charge in [0, 0.05) is 0 Å². The second kappa shape index (κ2) is 5.54. The molecule has 94 valence electrons. The highest BCUT2D eigenvalue weighted by molar-refractivity contribution is 5.29. The zero-order valence-corrected chi connectivity index (χ0v) is 10.5. The van der Waals surface area contributed by atoms with Crippen molar-refractivity contribution in [3.63, 3.8) is 0 Å². The Hall–Kier alpha value is -1.02. The van der Waals surface area contributed by atoms with Gasteiger partial charge in [-0.2, -0.15) is 0 Å². The summed E-state index contributed by atoms with van der Waals surface area (Å²) in [6.07, 6.45) is 5.59. The van der Waals surface area contributed by atoms with Gasteiger partial charge in [0.1, 0.15) is 5.75 Å². The van der Waals surface area contributed by atoms with Gasteiger partial charge >= 0.3 is 0 Å². The van der Waals surface area contributed by atoms with Gasteiger partial charge in [0.15, 0.2) is 0 Å². The quantitative estimate of drug-likeness (QED) is 0.835. The van der Waals surface area contributed by atoms with Crippen LogP contribution in [-0.4, -0.2) is 10.2 Å². The molecule has 0 heterocycles. The number of phenolic OH excluding ortho intramolecular Hbond substituents is 1. The molecule has 0 aliphatic heterocycles. The summed E-state index contributed by atoms with van der Waals surface area (Å²) < 4.78 is 0. The Morgan fingerprint density at radius 2 is 2.18 bits per heavy atom. The van der Waals surface area contributed by atoms with E-state index in [0.29, 0.717) is 5.92 Å². The maximum atomic E-state index is 10.3. The second-order valence-corrected chi connectivity index (χ2v) is 5.27. The fourth-order valence-electron chi connectivity index (χ4n) is 3.05. The molecule has 0 saturated heterocycles. The highest BCUT2D eigenvalue weighted by atomic mass is 16.3. The number of phenols is 1. The average molecular weight is 234 g/mol. The molecular formula is C15H22O2. The van der Waals surface area contributed by atoms with E-state index in [1.165, 1.54) is 19.3 Å². The molecule has 3 atom stereocenters. The topological polar surface area (TPSA) is 40.5 Å². The maximum absolute atomic E-state index is 10.3. The number of aromatic hydroxyl groups is 1. The number of aliphatic hydroxyl groups excluding tert-OH is 1. The number of hydrogen-bond acceptors (Lipinski definition) is 2. The Balaban J connectivity index is 1.99. The molecule has 0 radical (unpaired) electrons. The molecule has 0 amide bonds. The summed E-state index contributed by atoms with van der Waals surface area (Å²) in [4.78, 5) is 0.